The number of hydrogen-bond acceptors (Lipinski definition) is 10. The van der Waals surface area contributed by atoms with E-state index in [1.54, 1.807) is 30.4 Å². The van der Waals surface area contributed by atoms with Crippen molar-refractivity contribution in [3.8, 4) is 16.9 Å². The molecule has 222 valence electrons. The number of hydrogen-bond donors (Lipinski definition) is 2. The molecule has 0 spiro atoms. The lowest BCUT2D eigenvalue weighted by Gasteiger charge is -2.34. The minimum atomic E-state index is -0.487. The molecule has 0 saturated carbocycles. The van der Waals surface area contributed by atoms with Crippen LogP contribution in [0, 0.1) is 0 Å². The molecule has 4 heterocycles. The molecule has 1 atom stereocenters. The minimum absolute atomic E-state index is 0.133. The summed E-state index contributed by atoms with van der Waals surface area (Å²) in [6.45, 7) is 8.75. The van der Waals surface area contributed by atoms with Gasteiger partial charge in [-0.1, -0.05) is 7.92 Å². The van der Waals surface area contributed by atoms with Crippen molar-refractivity contribution in [1.82, 2.24) is 29.7 Å². The second-order valence-electron chi connectivity index (χ2n) is 10.5. The van der Waals surface area contributed by atoms with Crippen LogP contribution in [0.25, 0.3) is 22.2 Å². The largest absolute Gasteiger partial charge is 0.494 e. The van der Waals surface area contributed by atoms with E-state index in [4.69, 9.17) is 14.5 Å². The molecule has 0 aliphatic carbocycles. The van der Waals surface area contributed by atoms with E-state index in [0.717, 1.165) is 62.1 Å². The highest BCUT2D eigenvalue weighted by atomic mass is 79.9. The molecular weight excluding hydrogens is 629 g/mol. The van der Waals surface area contributed by atoms with Gasteiger partial charge in [-0.2, -0.15) is 10.1 Å². The average Bonchev–Trinajstić information content (AvgIpc) is 3.44. The number of aryl methyl sites for hydroxylation is 1. The molecule has 2 aromatic carbocycles. The normalized spacial score (nSPS) is 15.2. The van der Waals surface area contributed by atoms with Crippen molar-refractivity contribution in [2.45, 2.75) is 13.0 Å². The number of ether oxygens (including phenoxy) is 2. The van der Waals surface area contributed by atoms with Gasteiger partial charge in [0.25, 0.3) is 0 Å². The summed E-state index contributed by atoms with van der Waals surface area (Å²) in [6, 6.07) is 8.15. The van der Waals surface area contributed by atoms with Crippen molar-refractivity contribution in [1.29, 1.82) is 0 Å². The Kier molecular flexibility index (Phi) is 8.43. The third kappa shape index (κ3) is 6.13. The molecule has 11 nitrogen and oxygen atoms in total. The topological polar surface area (TPSA) is 115 Å². The molecule has 2 N–H and O–H groups in total. The fraction of sp³-hybridized carbons (Fsp3) is 0.300. The summed E-state index contributed by atoms with van der Waals surface area (Å²) in [4.78, 5) is 20.8. The van der Waals surface area contributed by atoms with Gasteiger partial charge in [-0.3, -0.25) is 14.6 Å². The lowest BCUT2D eigenvalue weighted by molar-refractivity contribution is 0.0532. The number of aromatic nitrogens is 6. The second-order valence-corrected chi connectivity index (χ2v) is 13.6. The number of methoxy groups -OCH3 is 1. The van der Waals surface area contributed by atoms with Gasteiger partial charge in [0, 0.05) is 78.8 Å². The van der Waals surface area contributed by atoms with E-state index < -0.39 is 7.92 Å². The number of nitrogens with one attached hydrogen (secondary N) is 2. The van der Waals surface area contributed by atoms with E-state index in [-0.39, 0.29) is 6.10 Å². The number of anilines is 5. The van der Waals surface area contributed by atoms with Crippen LogP contribution in [0.2, 0.25) is 0 Å². The van der Waals surface area contributed by atoms with Gasteiger partial charge in [-0.25, -0.2) is 4.98 Å². The predicted molar refractivity (Wildman–Crippen MR) is 177 cm³/mol. The summed E-state index contributed by atoms with van der Waals surface area (Å²) in [7, 11) is 3.10. The lowest BCUT2D eigenvalue weighted by Crippen LogP contribution is -2.41. The first kappa shape index (κ1) is 29.2. The van der Waals surface area contributed by atoms with Gasteiger partial charge >= 0.3 is 0 Å². The first-order valence-corrected chi connectivity index (χ1v) is 16.9. The van der Waals surface area contributed by atoms with Crippen LogP contribution in [0.3, 0.4) is 0 Å². The molecule has 1 fully saturated rings. The quantitative estimate of drug-likeness (QED) is 0.202. The summed E-state index contributed by atoms with van der Waals surface area (Å²) in [5.74, 6) is 1.73. The number of fused-ring (bicyclic) bond motifs is 1. The third-order valence-electron chi connectivity index (χ3n) is 7.22. The summed E-state index contributed by atoms with van der Waals surface area (Å²) in [5, 5.41) is 12.5. The fourth-order valence-electron chi connectivity index (χ4n) is 5.26. The molecular formula is C30H33BrN9O2P. The monoisotopic (exact) mass is 661 g/mol. The van der Waals surface area contributed by atoms with Gasteiger partial charge in [0.05, 0.1) is 47.2 Å². The Morgan fingerprint density at radius 1 is 1.07 bits per heavy atom. The third-order valence-corrected chi connectivity index (χ3v) is 9.15. The van der Waals surface area contributed by atoms with Crippen molar-refractivity contribution in [2.75, 3.05) is 55.7 Å². The van der Waals surface area contributed by atoms with Crippen LogP contribution in [0.4, 0.5) is 28.8 Å². The molecule has 0 bridgehead atoms. The molecule has 1 aliphatic rings. The Labute approximate surface area is 260 Å². The highest BCUT2D eigenvalue weighted by Gasteiger charge is 2.23. The maximum absolute atomic E-state index is 5.87. The number of halogens is 1. The van der Waals surface area contributed by atoms with Crippen LogP contribution in [-0.4, -0.2) is 76.0 Å². The Morgan fingerprint density at radius 3 is 2.65 bits per heavy atom. The van der Waals surface area contributed by atoms with Crippen LogP contribution in [0.15, 0.2) is 59.7 Å². The molecule has 6 rings (SSSR count). The minimum Gasteiger partial charge on any atom is -0.494 e. The molecule has 43 heavy (non-hydrogen) atoms. The number of rotatable bonds is 8. The Balaban J connectivity index is 1.37. The van der Waals surface area contributed by atoms with Crippen LogP contribution in [-0.2, 0) is 11.8 Å². The highest BCUT2D eigenvalue weighted by molar-refractivity contribution is 9.10. The molecule has 0 radical (unpaired) electrons. The zero-order valence-corrected chi connectivity index (χ0v) is 27.1. The van der Waals surface area contributed by atoms with Gasteiger partial charge in [-0.15, -0.1) is 0 Å². The summed E-state index contributed by atoms with van der Waals surface area (Å²) in [5.41, 5.74) is 6.55. The average molecular weight is 663 g/mol. The zero-order valence-electron chi connectivity index (χ0n) is 24.7. The van der Waals surface area contributed by atoms with Gasteiger partial charge < -0.3 is 25.0 Å². The van der Waals surface area contributed by atoms with Crippen LogP contribution < -0.4 is 25.6 Å². The molecule has 1 unspecified atom stereocenters. The molecule has 1 saturated heterocycles. The van der Waals surface area contributed by atoms with E-state index in [2.05, 4.69) is 83.9 Å². The molecule has 0 amide bonds. The van der Waals surface area contributed by atoms with Crippen molar-refractivity contribution < 1.29 is 9.47 Å². The Hall–Kier alpha value is -3.86. The smallest absolute Gasteiger partial charge is 0.229 e. The van der Waals surface area contributed by atoms with Crippen molar-refractivity contribution >= 4 is 69.0 Å². The SMILES string of the molecule is COc1cc(N2CCOC(C)C2)c(-c2cnn(C)c2)cc1Nc1ncc(Br)c(Nc2ccc3nccnc3c2P(C)C)n1. The van der Waals surface area contributed by atoms with Crippen LogP contribution in [0.5, 0.6) is 5.75 Å². The first-order chi connectivity index (χ1) is 20.8. The first-order valence-electron chi connectivity index (χ1n) is 13.9. The standard InChI is InChI=1S/C30H33BrN9O2P/c1-18-16-40(10-11-42-18)25-13-26(41-3)24(12-20(25)19-14-35-39(2)17-19)37-30-34-15-21(31)29(38-30)36-23-7-6-22-27(28(23)43(4)5)33-9-8-32-22/h6-9,12-15,17-18H,10-11,16H2,1-5H3,(H2,34,36,37,38). The summed E-state index contributed by atoms with van der Waals surface area (Å²) in [6.07, 6.45) is 9.20. The molecule has 1 aliphatic heterocycles. The van der Waals surface area contributed by atoms with Crippen molar-refractivity contribution in [3.63, 3.8) is 0 Å². The van der Waals surface area contributed by atoms with Crippen molar-refractivity contribution in [3.05, 3.63) is 59.7 Å². The Bertz CT molecular complexity index is 1780. The number of nitrogens with zero attached hydrogens (tertiary/aromatic N) is 7. The van der Waals surface area contributed by atoms with Gasteiger partial charge in [0.1, 0.15) is 11.6 Å². The van der Waals surface area contributed by atoms with Gasteiger partial charge in [0.15, 0.2) is 0 Å². The molecule has 5 aromatic rings. The summed E-state index contributed by atoms with van der Waals surface area (Å²) < 4.78 is 14.2. The Morgan fingerprint density at radius 2 is 1.91 bits per heavy atom. The highest BCUT2D eigenvalue weighted by Crippen LogP contribution is 2.41. The van der Waals surface area contributed by atoms with E-state index >= 15 is 0 Å². The van der Waals surface area contributed by atoms with E-state index in [0.29, 0.717) is 24.1 Å². The summed E-state index contributed by atoms with van der Waals surface area (Å²) >= 11 is 3.63. The van der Waals surface area contributed by atoms with E-state index in [1.165, 1.54) is 0 Å². The fourth-order valence-corrected chi connectivity index (χ4v) is 6.76. The van der Waals surface area contributed by atoms with Crippen LogP contribution in [0.1, 0.15) is 6.92 Å². The van der Waals surface area contributed by atoms with Crippen molar-refractivity contribution in [2.24, 2.45) is 7.05 Å². The maximum Gasteiger partial charge on any atom is 0.229 e. The number of morpholine rings is 1. The zero-order chi connectivity index (χ0) is 30.1. The second kappa shape index (κ2) is 12.4. The molecule has 13 heteroatoms. The number of benzene rings is 2. The molecule has 3 aromatic heterocycles. The van der Waals surface area contributed by atoms with Gasteiger partial charge in [-0.05, 0) is 54.4 Å². The maximum atomic E-state index is 5.87. The van der Waals surface area contributed by atoms with E-state index in [1.807, 2.05) is 31.6 Å². The lowest BCUT2D eigenvalue weighted by atomic mass is 10.0. The van der Waals surface area contributed by atoms with Gasteiger partial charge in [0.2, 0.25) is 5.95 Å². The predicted octanol–water partition coefficient (Wildman–Crippen LogP) is 5.67. The van der Waals surface area contributed by atoms with E-state index in [9.17, 15) is 0 Å². The van der Waals surface area contributed by atoms with Crippen LogP contribution >= 0.6 is 23.9 Å².